The summed E-state index contributed by atoms with van der Waals surface area (Å²) in [5.41, 5.74) is 0.562. The first-order valence-corrected chi connectivity index (χ1v) is 6.83. The van der Waals surface area contributed by atoms with E-state index in [4.69, 9.17) is 0 Å². The van der Waals surface area contributed by atoms with E-state index in [0.29, 0.717) is 12.1 Å². The number of amides is 2. The van der Waals surface area contributed by atoms with Crippen LogP contribution in [0.3, 0.4) is 0 Å². The summed E-state index contributed by atoms with van der Waals surface area (Å²) in [6.07, 6.45) is 6.07. The Bertz CT molecular complexity index is 286. The van der Waals surface area contributed by atoms with Gasteiger partial charge in [0, 0.05) is 18.7 Å². The van der Waals surface area contributed by atoms with E-state index >= 15 is 0 Å². The van der Waals surface area contributed by atoms with Gasteiger partial charge in [-0.3, -0.25) is 9.59 Å². The molecular formula is C15H28N2O2. The molecule has 0 rings (SSSR count). The van der Waals surface area contributed by atoms with Crippen molar-refractivity contribution in [3.05, 3.63) is 24.8 Å². The second-order valence-electron chi connectivity index (χ2n) is 4.20. The van der Waals surface area contributed by atoms with Crippen LogP contribution >= 0.6 is 0 Å². The van der Waals surface area contributed by atoms with Gasteiger partial charge in [-0.1, -0.05) is 39.3 Å². The SMILES string of the molecule is C=C(C)C(=O)NCC.C=CC(=O)NCCCCCC. The molecule has 0 aromatic rings. The normalized spacial score (nSPS) is 8.79. The maximum Gasteiger partial charge on any atom is 0.246 e. The summed E-state index contributed by atoms with van der Waals surface area (Å²) >= 11 is 0. The van der Waals surface area contributed by atoms with Crippen LogP contribution in [-0.2, 0) is 9.59 Å². The van der Waals surface area contributed by atoms with Gasteiger partial charge >= 0.3 is 0 Å². The van der Waals surface area contributed by atoms with Crippen LogP contribution in [-0.4, -0.2) is 24.9 Å². The molecule has 0 aromatic heterocycles. The average molecular weight is 268 g/mol. The predicted molar refractivity (Wildman–Crippen MR) is 80.8 cm³/mol. The van der Waals surface area contributed by atoms with Gasteiger partial charge in [0.25, 0.3) is 0 Å². The Balaban J connectivity index is 0. The molecule has 0 unspecified atom stereocenters. The molecule has 4 heteroatoms. The topological polar surface area (TPSA) is 58.2 Å². The fraction of sp³-hybridized carbons (Fsp3) is 0.600. The Morgan fingerprint density at radius 1 is 1.11 bits per heavy atom. The molecule has 110 valence electrons. The lowest BCUT2D eigenvalue weighted by molar-refractivity contribution is -0.117. The lowest BCUT2D eigenvalue weighted by atomic mass is 10.2. The molecule has 0 bridgehead atoms. The van der Waals surface area contributed by atoms with Crippen LogP contribution in [0.4, 0.5) is 0 Å². The molecular weight excluding hydrogens is 240 g/mol. The monoisotopic (exact) mass is 268 g/mol. The summed E-state index contributed by atoms with van der Waals surface area (Å²) in [5.74, 6) is -0.131. The van der Waals surface area contributed by atoms with Crippen LogP contribution in [0.1, 0.15) is 46.5 Å². The molecule has 19 heavy (non-hydrogen) atoms. The van der Waals surface area contributed by atoms with Crippen molar-refractivity contribution in [2.24, 2.45) is 0 Å². The Morgan fingerprint density at radius 3 is 2.11 bits per heavy atom. The molecule has 0 radical (unpaired) electrons. The molecule has 0 fully saturated rings. The molecule has 4 nitrogen and oxygen atoms in total. The van der Waals surface area contributed by atoms with Crippen molar-refractivity contribution in [1.29, 1.82) is 0 Å². The number of nitrogens with one attached hydrogen (secondary N) is 2. The summed E-state index contributed by atoms with van der Waals surface area (Å²) in [7, 11) is 0. The number of rotatable bonds is 8. The third-order valence-corrected chi connectivity index (χ3v) is 2.24. The second-order valence-corrected chi connectivity index (χ2v) is 4.20. The number of likely N-dealkylation sites (N-methyl/N-ethyl adjacent to an activating group) is 1. The molecule has 0 aliphatic rings. The molecule has 0 heterocycles. The first-order chi connectivity index (χ1) is 8.99. The quantitative estimate of drug-likeness (QED) is 0.525. The molecule has 0 aliphatic carbocycles. The zero-order chi connectivity index (χ0) is 15.1. The summed E-state index contributed by atoms with van der Waals surface area (Å²) in [6.45, 7) is 14.0. The minimum absolute atomic E-state index is 0.0625. The molecule has 0 aliphatic heterocycles. The smallest absolute Gasteiger partial charge is 0.246 e. The van der Waals surface area contributed by atoms with Gasteiger partial charge in [0.15, 0.2) is 0 Å². The van der Waals surface area contributed by atoms with E-state index in [1.54, 1.807) is 6.92 Å². The maximum atomic E-state index is 10.6. The number of carbonyl (C=O) groups excluding carboxylic acids is 2. The fourth-order valence-electron chi connectivity index (χ4n) is 1.15. The highest BCUT2D eigenvalue weighted by Gasteiger charge is 1.95. The highest BCUT2D eigenvalue weighted by molar-refractivity contribution is 5.91. The van der Waals surface area contributed by atoms with Crippen molar-refractivity contribution < 1.29 is 9.59 Å². The molecule has 0 spiro atoms. The summed E-state index contributed by atoms with van der Waals surface area (Å²) in [5, 5.41) is 5.34. The Kier molecular flexibility index (Phi) is 15.1. The number of hydrogen-bond acceptors (Lipinski definition) is 2. The predicted octanol–water partition coefficient (Wildman–Crippen LogP) is 2.57. The van der Waals surface area contributed by atoms with Gasteiger partial charge in [0.1, 0.15) is 0 Å². The highest BCUT2D eigenvalue weighted by atomic mass is 16.2. The molecule has 2 N–H and O–H groups in total. The minimum Gasteiger partial charge on any atom is -0.353 e. The zero-order valence-corrected chi connectivity index (χ0v) is 12.6. The van der Waals surface area contributed by atoms with Crippen LogP contribution in [0.15, 0.2) is 24.8 Å². The zero-order valence-electron chi connectivity index (χ0n) is 12.6. The van der Waals surface area contributed by atoms with Crippen LogP contribution < -0.4 is 10.6 Å². The third-order valence-electron chi connectivity index (χ3n) is 2.24. The summed E-state index contributed by atoms with van der Waals surface area (Å²) in [4.78, 5) is 21.1. The van der Waals surface area contributed by atoms with Crippen LogP contribution in [0.5, 0.6) is 0 Å². The molecule has 2 amide bonds. The number of hydrogen-bond donors (Lipinski definition) is 2. The fourth-order valence-corrected chi connectivity index (χ4v) is 1.15. The molecule has 0 saturated carbocycles. The van der Waals surface area contributed by atoms with Crippen LogP contribution in [0, 0.1) is 0 Å². The number of carbonyl (C=O) groups is 2. The van der Waals surface area contributed by atoms with E-state index in [-0.39, 0.29) is 11.8 Å². The lowest BCUT2D eigenvalue weighted by Gasteiger charge is -2.00. The van der Waals surface area contributed by atoms with Gasteiger partial charge in [0.05, 0.1) is 0 Å². The first-order valence-electron chi connectivity index (χ1n) is 6.83. The van der Waals surface area contributed by atoms with Gasteiger partial charge in [-0.25, -0.2) is 0 Å². The lowest BCUT2D eigenvalue weighted by Crippen LogP contribution is -2.22. The van der Waals surface area contributed by atoms with E-state index in [2.05, 4.69) is 30.7 Å². The molecule has 0 saturated heterocycles. The van der Waals surface area contributed by atoms with Crippen molar-refractivity contribution in [3.63, 3.8) is 0 Å². The van der Waals surface area contributed by atoms with E-state index < -0.39 is 0 Å². The van der Waals surface area contributed by atoms with Gasteiger partial charge in [-0.2, -0.15) is 0 Å². The van der Waals surface area contributed by atoms with E-state index in [0.717, 1.165) is 13.0 Å². The first kappa shape index (κ1) is 19.8. The third kappa shape index (κ3) is 16.4. The largest absolute Gasteiger partial charge is 0.353 e. The summed E-state index contributed by atoms with van der Waals surface area (Å²) in [6, 6.07) is 0. The highest BCUT2D eigenvalue weighted by Crippen LogP contribution is 1.96. The van der Waals surface area contributed by atoms with Gasteiger partial charge in [0.2, 0.25) is 11.8 Å². The second kappa shape index (κ2) is 14.5. The van der Waals surface area contributed by atoms with Crippen molar-refractivity contribution in [2.45, 2.75) is 46.5 Å². The van der Waals surface area contributed by atoms with Crippen molar-refractivity contribution in [3.8, 4) is 0 Å². The van der Waals surface area contributed by atoms with Crippen molar-refractivity contribution >= 4 is 11.8 Å². The Morgan fingerprint density at radius 2 is 1.74 bits per heavy atom. The van der Waals surface area contributed by atoms with Gasteiger partial charge in [-0.05, 0) is 26.3 Å². The van der Waals surface area contributed by atoms with E-state index in [1.807, 2.05) is 6.92 Å². The maximum absolute atomic E-state index is 10.6. The molecule has 0 aromatic carbocycles. The van der Waals surface area contributed by atoms with Gasteiger partial charge in [-0.15, -0.1) is 0 Å². The minimum atomic E-state index is -0.0681. The van der Waals surface area contributed by atoms with Crippen molar-refractivity contribution in [2.75, 3.05) is 13.1 Å². The Hall–Kier alpha value is -1.58. The van der Waals surface area contributed by atoms with Crippen LogP contribution in [0.25, 0.3) is 0 Å². The Labute approximate surface area is 117 Å². The molecule has 0 atom stereocenters. The standard InChI is InChI=1S/C9H17NO.C6H11NO/c1-3-5-6-7-8-10-9(11)4-2;1-4-7-6(8)5(2)3/h4H,2-3,5-8H2,1H3,(H,10,11);2,4H2,1,3H3,(H,7,8). The average Bonchev–Trinajstić information content (AvgIpc) is 2.39. The van der Waals surface area contributed by atoms with E-state index in [9.17, 15) is 9.59 Å². The van der Waals surface area contributed by atoms with Gasteiger partial charge < -0.3 is 10.6 Å². The van der Waals surface area contributed by atoms with E-state index in [1.165, 1.54) is 25.3 Å². The van der Waals surface area contributed by atoms with Crippen molar-refractivity contribution in [1.82, 2.24) is 10.6 Å². The number of unbranched alkanes of at least 4 members (excludes halogenated alkanes) is 3. The van der Waals surface area contributed by atoms with Crippen LogP contribution in [0.2, 0.25) is 0 Å². The summed E-state index contributed by atoms with van der Waals surface area (Å²) < 4.78 is 0.